The van der Waals surface area contributed by atoms with Crippen LogP contribution in [0.15, 0.2) is 133 Å². The van der Waals surface area contributed by atoms with E-state index in [0.29, 0.717) is 40.2 Å². The first-order chi connectivity index (χ1) is 24.4. The van der Waals surface area contributed by atoms with Crippen LogP contribution in [0.25, 0.3) is 0 Å². The number of carbonyl (C=O) groups excluding carboxylic acids is 2. The lowest BCUT2D eigenvalue weighted by Crippen LogP contribution is -2.44. The first kappa shape index (κ1) is 30.5. The molecule has 3 aliphatic carbocycles. The number of hydrogen-bond donors (Lipinski definition) is 0. The third-order valence-corrected chi connectivity index (χ3v) is 9.63. The lowest BCUT2D eigenvalue weighted by atomic mass is 9.51. The van der Waals surface area contributed by atoms with Gasteiger partial charge in [-0.3, -0.25) is 0 Å². The zero-order valence-electron chi connectivity index (χ0n) is 26.4. The Morgan fingerprint density at radius 2 is 1.10 bits per heavy atom. The molecule has 0 atom stereocenters. The van der Waals surface area contributed by atoms with E-state index in [2.05, 4.69) is 36.4 Å². The molecular formula is C43H25FN2O4. The maximum atomic E-state index is 14.2. The molecule has 3 aliphatic rings. The maximum absolute atomic E-state index is 14.2. The van der Waals surface area contributed by atoms with Gasteiger partial charge in [0.1, 0.15) is 17.3 Å². The van der Waals surface area contributed by atoms with Crippen molar-refractivity contribution in [3.8, 4) is 23.6 Å². The van der Waals surface area contributed by atoms with E-state index in [-0.39, 0.29) is 22.9 Å². The number of nitriles is 2. The zero-order valence-corrected chi connectivity index (χ0v) is 26.4. The van der Waals surface area contributed by atoms with E-state index in [1.165, 1.54) is 12.1 Å². The van der Waals surface area contributed by atoms with Crippen LogP contribution < -0.4 is 9.47 Å². The summed E-state index contributed by atoms with van der Waals surface area (Å²) in [6.45, 7) is 0. The van der Waals surface area contributed by atoms with Crippen LogP contribution in [0.2, 0.25) is 0 Å². The molecule has 6 aromatic carbocycles. The van der Waals surface area contributed by atoms with E-state index in [1.54, 1.807) is 72.8 Å². The van der Waals surface area contributed by atoms with Crippen LogP contribution in [0.1, 0.15) is 76.7 Å². The van der Waals surface area contributed by atoms with Crippen LogP contribution in [0.5, 0.6) is 11.5 Å². The second kappa shape index (κ2) is 12.0. The van der Waals surface area contributed by atoms with Gasteiger partial charge in [-0.2, -0.15) is 10.5 Å². The van der Waals surface area contributed by atoms with Crippen molar-refractivity contribution in [3.05, 3.63) is 200 Å². The van der Waals surface area contributed by atoms with Gasteiger partial charge in [-0.1, -0.05) is 60.7 Å². The van der Waals surface area contributed by atoms with E-state index >= 15 is 0 Å². The first-order valence-electron chi connectivity index (χ1n) is 16.0. The molecule has 0 amide bonds. The van der Waals surface area contributed by atoms with Crippen molar-refractivity contribution in [2.24, 2.45) is 0 Å². The maximum Gasteiger partial charge on any atom is 0.343 e. The van der Waals surface area contributed by atoms with Crippen LogP contribution in [0, 0.1) is 28.5 Å². The molecule has 50 heavy (non-hydrogen) atoms. The van der Waals surface area contributed by atoms with E-state index in [1.807, 2.05) is 24.3 Å². The smallest absolute Gasteiger partial charge is 0.343 e. The van der Waals surface area contributed by atoms with Crippen LogP contribution in [-0.2, 0) is 11.8 Å². The highest BCUT2D eigenvalue weighted by Gasteiger charge is 2.54. The van der Waals surface area contributed by atoms with Crippen molar-refractivity contribution in [3.63, 3.8) is 0 Å². The predicted octanol–water partition coefficient (Wildman–Crippen LogP) is 8.39. The standard InChI is InChI=1S/C43H25FN2O4/c44-31-19-13-26(14-20-31)23-43-34-7-3-1-5-32(34)38(33-6-2-4-8-35(33)43)39-36(49-41(47)29-15-9-27(24-45)10-16-29)21-22-37(40(39)43)50-42(48)30-17-11-28(25-46)12-18-30/h1-22,38H,23H2. The van der Waals surface area contributed by atoms with Crippen molar-refractivity contribution >= 4 is 11.9 Å². The summed E-state index contributed by atoms with van der Waals surface area (Å²) in [4.78, 5) is 27.4. The summed E-state index contributed by atoms with van der Waals surface area (Å²) >= 11 is 0. The summed E-state index contributed by atoms with van der Waals surface area (Å²) in [5, 5.41) is 18.5. The number of hydrogen-bond acceptors (Lipinski definition) is 6. The first-order valence-corrected chi connectivity index (χ1v) is 16.0. The van der Waals surface area contributed by atoms with Crippen LogP contribution in [0.3, 0.4) is 0 Å². The topological polar surface area (TPSA) is 100 Å². The summed E-state index contributed by atoms with van der Waals surface area (Å²) in [6, 6.07) is 42.4. The van der Waals surface area contributed by atoms with Gasteiger partial charge in [0.25, 0.3) is 0 Å². The molecule has 238 valence electrons. The van der Waals surface area contributed by atoms with Gasteiger partial charge < -0.3 is 9.47 Å². The number of nitrogens with zero attached hydrogens (tertiary/aromatic N) is 2. The molecule has 0 spiro atoms. The fourth-order valence-corrected chi connectivity index (χ4v) is 7.52. The van der Waals surface area contributed by atoms with E-state index in [0.717, 1.165) is 27.8 Å². The summed E-state index contributed by atoms with van der Waals surface area (Å²) < 4.78 is 26.6. The van der Waals surface area contributed by atoms with Crippen molar-refractivity contribution in [2.45, 2.75) is 17.8 Å². The second-order valence-electron chi connectivity index (χ2n) is 12.3. The summed E-state index contributed by atoms with van der Waals surface area (Å²) in [5.74, 6) is -1.33. The van der Waals surface area contributed by atoms with Crippen molar-refractivity contribution in [1.29, 1.82) is 10.5 Å². The Kier molecular flexibility index (Phi) is 7.32. The Morgan fingerprint density at radius 3 is 1.62 bits per heavy atom. The predicted molar refractivity (Wildman–Crippen MR) is 182 cm³/mol. The average Bonchev–Trinajstić information content (AvgIpc) is 3.16. The molecule has 6 aromatic rings. The van der Waals surface area contributed by atoms with Gasteiger partial charge in [0.15, 0.2) is 0 Å². The summed E-state index contributed by atoms with van der Waals surface area (Å²) in [6.07, 6.45) is 0.384. The number of benzene rings is 6. The highest BCUT2D eigenvalue weighted by molar-refractivity contribution is 5.93. The molecule has 6 nitrogen and oxygen atoms in total. The van der Waals surface area contributed by atoms with E-state index in [9.17, 15) is 24.5 Å². The van der Waals surface area contributed by atoms with Gasteiger partial charge in [0.05, 0.1) is 39.8 Å². The fraction of sp³-hybridized carbons (Fsp3) is 0.0698. The van der Waals surface area contributed by atoms with E-state index in [4.69, 9.17) is 9.47 Å². The molecule has 0 radical (unpaired) electrons. The van der Waals surface area contributed by atoms with Crippen LogP contribution in [0.4, 0.5) is 4.39 Å². The van der Waals surface area contributed by atoms with Gasteiger partial charge in [-0.05, 0) is 107 Å². The average molecular weight is 653 g/mol. The number of ether oxygens (including phenoxy) is 2. The van der Waals surface area contributed by atoms with Gasteiger partial charge in [0.2, 0.25) is 0 Å². The highest BCUT2D eigenvalue weighted by atomic mass is 19.1. The number of rotatable bonds is 6. The van der Waals surface area contributed by atoms with Crippen molar-refractivity contribution in [2.75, 3.05) is 0 Å². The molecular weight excluding hydrogens is 627 g/mol. The van der Waals surface area contributed by atoms with E-state index < -0.39 is 17.4 Å². The van der Waals surface area contributed by atoms with Gasteiger partial charge in [0, 0.05) is 17.0 Å². The van der Waals surface area contributed by atoms with Crippen LogP contribution in [-0.4, -0.2) is 11.9 Å². The lowest BCUT2D eigenvalue weighted by molar-refractivity contribution is 0.0714. The minimum Gasteiger partial charge on any atom is -0.423 e. The molecule has 0 saturated carbocycles. The van der Waals surface area contributed by atoms with Gasteiger partial charge >= 0.3 is 11.9 Å². The van der Waals surface area contributed by atoms with Gasteiger partial charge in [-0.25, -0.2) is 14.0 Å². The SMILES string of the molecule is N#Cc1ccc(C(=O)Oc2ccc(OC(=O)c3ccc(C#N)cc3)c3c2C2c4ccccc4C3(Cc3ccc(F)cc3)c3ccccc32)cc1. The van der Waals surface area contributed by atoms with Crippen molar-refractivity contribution < 1.29 is 23.5 Å². The normalized spacial score (nSPS) is 16.2. The fourth-order valence-electron chi connectivity index (χ4n) is 7.52. The minimum absolute atomic E-state index is 0.267. The number of esters is 2. The molecule has 0 aliphatic heterocycles. The zero-order chi connectivity index (χ0) is 34.4. The second-order valence-corrected chi connectivity index (χ2v) is 12.3. The third kappa shape index (κ3) is 4.84. The number of carbonyl (C=O) groups is 2. The van der Waals surface area contributed by atoms with Crippen LogP contribution >= 0.6 is 0 Å². The Morgan fingerprint density at radius 1 is 0.620 bits per heavy atom. The Bertz CT molecular complexity index is 2370. The minimum atomic E-state index is -0.938. The Hall–Kier alpha value is -6.83. The molecule has 9 rings (SSSR count). The molecule has 7 heteroatoms. The third-order valence-electron chi connectivity index (χ3n) is 9.63. The molecule has 0 fully saturated rings. The Labute approximate surface area is 287 Å². The molecule has 0 unspecified atom stereocenters. The quantitative estimate of drug-likeness (QED) is 0.132. The summed E-state index contributed by atoms with van der Waals surface area (Å²) in [5.41, 5.74) is 6.71. The van der Waals surface area contributed by atoms with Crippen molar-refractivity contribution in [1.82, 2.24) is 0 Å². The Balaban J connectivity index is 1.37. The molecule has 0 N–H and O–H groups in total. The largest absolute Gasteiger partial charge is 0.423 e. The lowest BCUT2D eigenvalue weighted by Gasteiger charge is -2.51. The number of halogens is 1. The molecule has 0 heterocycles. The molecule has 2 bridgehead atoms. The monoisotopic (exact) mass is 652 g/mol. The molecule has 0 saturated heterocycles. The molecule has 0 aromatic heterocycles. The van der Waals surface area contributed by atoms with Gasteiger partial charge in [-0.15, -0.1) is 0 Å². The summed E-state index contributed by atoms with van der Waals surface area (Å²) in [7, 11) is 0. The highest BCUT2D eigenvalue weighted by Crippen LogP contribution is 2.64.